The molecule has 0 aliphatic carbocycles. The van der Waals surface area contributed by atoms with Crippen LogP contribution < -0.4 is 10.6 Å². The van der Waals surface area contributed by atoms with Crippen molar-refractivity contribution < 1.29 is 18.4 Å². The summed E-state index contributed by atoms with van der Waals surface area (Å²) in [7, 11) is 1.50. The van der Waals surface area contributed by atoms with Crippen molar-refractivity contribution in [1.29, 1.82) is 0 Å². The van der Waals surface area contributed by atoms with Crippen molar-refractivity contribution in [1.82, 2.24) is 15.1 Å². The van der Waals surface area contributed by atoms with Crippen LogP contribution in [0.2, 0.25) is 0 Å². The van der Waals surface area contributed by atoms with Crippen molar-refractivity contribution in [2.45, 2.75) is 19.9 Å². The molecule has 0 aliphatic heterocycles. The van der Waals surface area contributed by atoms with Crippen LogP contribution in [0.1, 0.15) is 26.4 Å². The Morgan fingerprint density at radius 1 is 1.26 bits per heavy atom. The number of amides is 2. The zero-order valence-electron chi connectivity index (χ0n) is 12.6. The lowest BCUT2D eigenvalue weighted by Gasteiger charge is -2.11. The van der Waals surface area contributed by atoms with Gasteiger partial charge in [-0.1, -0.05) is 6.07 Å². The number of anilines is 1. The van der Waals surface area contributed by atoms with Gasteiger partial charge in [-0.05, 0) is 30.7 Å². The fourth-order valence-corrected chi connectivity index (χ4v) is 2.03. The third-order valence-electron chi connectivity index (χ3n) is 3.24. The number of aromatic nitrogens is 2. The molecular formula is C15H16F2N4O2. The molecule has 0 aliphatic rings. The Hall–Kier alpha value is -2.77. The first-order valence-electron chi connectivity index (χ1n) is 6.86. The monoisotopic (exact) mass is 322 g/mol. The van der Waals surface area contributed by atoms with Crippen molar-refractivity contribution >= 4 is 17.5 Å². The third kappa shape index (κ3) is 3.91. The summed E-state index contributed by atoms with van der Waals surface area (Å²) in [5.74, 6) is -0.858. The number of rotatable bonds is 5. The van der Waals surface area contributed by atoms with E-state index in [0.29, 0.717) is 11.3 Å². The van der Waals surface area contributed by atoms with Crippen LogP contribution in [0.5, 0.6) is 0 Å². The van der Waals surface area contributed by atoms with E-state index in [9.17, 15) is 18.4 Å². The Labute approximate surface area is 131 Å². The predicted molar refractivity (Wildman–Crippen MR) is 80.8 cm³/mol. The van der Waals surface area contributed by atoms with Crippen molar-refractivity contribution in [3.63, 3.8) is 0 Å². The van der Waals surface area contributed by atoms with Crippen LogP contribution in [-0.2, 0) is 6.54 Å². The number of hydrogen-bond donors (Lipinski definition) is 2. The molecule has 122 valence electrons. The molecule has 1 heterocycles. The van der Waals surface area contributed by atoms with E-state index in [0.717, 1.165) is 10.2 Å². The van der Waals surface area contributed by atoms with E-state index >= 15 is 0 Å². The highest BCUT2D eigenvalue weighted by Gasteiger charge is 2.16. The van der Waals surface area contributed by atoms with Crippen LogP contribution in [0.4, 0.5) is 14.5 Å². The normalized spacial score (nSPS) is 10.7. The van der Waals surface area contributed by atoms with E-state index in [1.807, 2.05) is 0 Å². The second kappa shape index (κ2) is 6.99. The minimum Gasteiger partial charge on any atom is -0.355 e. The fourth-order valence-electron chi connectivity index (χ4n) is 2.03. The number of carbonyl (C=O) groups excluding carboxylic acids is 2. The van der Waals surface area contributed by atoms with Gasteiger partial charge in [-0.2, -0.15) is 5.10 Å². The van der Waals surface area contributed by atoms with E-state index < -0.39 is 18.9 Å². The van der Waals surface area contributed by atoms with Gasteiger partial charge in [-0.15, -0.1) is 0 Å². The number of aryl methyl sites for hydroxylation is 1. The summed E-state index contributed by atoms with van der Waals surface area (Å²) in [4.78, 5) is 23.9. The van der Waals surface area contributed by atoms with Gasteiger partial charge in [0.25, 0.3) is 18.2 Å². The lowest BCUT2D eigenvalue weighted by molar-refractivity contribution is 0.0958. The minimum absolute atomic E-state index is 0.0232. The van der Waals surface area contributed by atoms with E-state index in [2.05, 4.69) is 15.7 Å². The summed E-state index contributed by atoms with van der Waals surface area (Å²) in [6.45, 7) is 1.10. The van der Waals surface area contributed by atoms with Crippen molar-refractivity contribution in [3.8, 4) is 0 Å². The number of nitrogens with zero attached hydrogens (tertiary/aromatic N) is 2. The third-order valence-corrected chi connectivity index (χ3v) is 3.24. The van der Waals surface area contributed by atoms with Gasteiger partial charge in [-0.25, -0.2) is 8.78 Å². The SMILES string of the molecule is CNC(=O)c1ccc(C)c(NC(=O)c2ccnn2CC(F)F)c1. The first kappa shape index (κ1) is 16.6. The molecule has 0 atom stereocenters. The summed E-state index contributed by atoms with van der Waals surface area (Å²) < 4.78 is 25.9. The molecule has 2 aromatic rings. The minimum atomic E-state index is -2.61. The lowest BCUT2D eigenvalue weighted by Crippen LogP contribution is -2.21. The van der Waals surface area contributed by atoms with Gasteiger partial charge in [0.1, 0.15) is 12.2 Å². The number of carbonyl (C=O) groups is 2. The van der Waals surface area contributed by atoms with Gasteiger partial charge in [-0.3, -0.25) is 14.3 Å². The fraction of sp³-hybridized carbons (Fsp3) is 0.267. The molecule has 2 amide bonds. The van der Waals surface area contributed by atoms with Crippen molar-refractivity contribution in [3.05, 3.63) is 47.3 Å². The van der Waals surface area contributed by atoms with E-state index in [1.165, 1.54) is 25.4 Å². The average molecular weight is 322 g/mol. The van der Waals surface area contributed by atoms with E-state index in [-0.39, 0.29) is 11.6 Å². The lowest BCUT2D eigenvalue weighted by atomic mass is 10.1. The quantitative estimate of drug-likeness (QED) is 0.885. The molecule has 1 aromatic carbocycles. The maximum absolute atomic E-state index is 12.5. The molecule has 0 bridgehead atoms. The van der Waals surface area contributed by atoms with Crippen LogP contribution in [0, 0.1) is 6.92 Å². The maximum Gasteiger partial charge on any atom is 0.273 e. The van der Waals surface area contributed by atoms with Gasteiger partial charge in [0.05, 0.1) is 0 Å². The zero-order chi connectivity index (χ0) is 17.0. The summed E-state index contributed by atoms with van der Waals surface area (Å²) >= 11 is 0. The van der Waals surface area contributed by atoms with Gasteiger partial charge < -0.3 is 10.6 Å². The Morgan fingerprint density at radius 3 is 2.65 bits per heavy atom. The second-order valence-corrected chi connectivity index (χ2v) is 4.85. The van der Waals surface area contributed by atoms with Crippen LogP contribution in [0.3, 0.4) is 0 Å². The average Bonchev–Trinajstić information content (AvgIpc) is 2.96. The molecule has 23 heavy (non-hydrogen) atoms. The summed E-state index contributed by atoms with van der Waals surface area (Å²) in [6.07, 6.45) is -1.33. The molecule has 2 rings (SSSR count). The van der Waals surface area contributed by atoms with Crippen LogP contribution in [0.15, 0.2) is 30.5 Å². The van der Waals surface area contributed by atoms with Gasteiger partial charge in [0.15, 0.2) is 0 Å². The molecule has 2 N–H and O–H groups in total. The molecule has 0 unspecified atom stereocenters. The number of benzene rings is 1. The zero-order valence-corrected chi connectivity index (χ0v) is 12.6. The highest BCUT2D eigenvalue weighted by atomic mass is 19.3. The van der Waals surface area contributed by atoms with Crippen LogP contribution in [0.25, 0.3) is 0 Å². The van der Waals surface area contributed by atoms with Gasteiger partial charge in [0.2, 0.25) is 0 Å². The van der Waals surface area contributed by atoms with Gasteiger partial charge >= 0.3 is 0 Å². The molecule has 0 fully saturated rings. The molecular weight excluding hydrogens is 306 g/mol. The Morgan fingerprint density at radius 2 is 2.00 bits per heavy atom. The Balaban J connectivity index is 2.23. The molecule has 8 heteroatoms. The summed E-state index contributed by atoms with van der Waals surface area (Å²) in [5, 5.41) is 8.82. The first-order chi connectivity index (χ1) is 10.9. The molecule has 0 saturated carbocycles. The van der Waals surface area contributed by atoms with E-state index in [1.54, 1.807) is 19.1 Å². The number of hydrogen-bond acceptors (Lipinski definition) is 3. The van der Waals surface area contributed by atoms with Crippen LogP contribution >= 0.6 is 0 Å². The second-order valence-electron chi connectivity index (χ2n) is 4.85. The van der Waals surface area contributed by atoms with Crippen molar-refractivity contribution in [2.75, 3.05) is 12.4 Å². The van der Waals surface area contributed by atoms with Crippen molar-refractivity contribution in [2.24, 2.45) is 0 Å². The van der Waals surface area contributed by atoms with Gasteiger partial charge in [0, 0.05) is 24.5 Å². The highest BCUT2D eigenvalue weighted by molar-refractivity contribution is 6.04. The summed E-state index contributed by atoms with van der Waals surface area (Å²) in [6, 6.07) is 6.21. The number of nitrogens with one attached hydrogen (secondary N) is 2. The topological polar surface area (TPSA) is 76.0 Å². The van der Waals surface area contributed by atoms with Crippen LogP contribution in [-0.4, -0.2) is 35.1 Å². The largest absolute Gasteiger partial charge is 0.355 e. The standard InChI is InChI=1S/C15H16F2N4O2/c1-9-3-4-10(14(22)18-2)7-11(9)20-15(23)12-5-6-19-21(12)8-13(16)17/h3-7,13H,8H2,1-2H3,(H,18,22)(H,20,23). The molecule has 0 spiro atoms. The predicted octanol–water partition coefficient (Wildman–Crippen LogP) is 2.07. The van der Waals surface area contributed by atoms with E-state index in [4.69, 9.17) is 0 Å². The number of halogens is 2. The molecule has 1 aromatic heterocycles. The Bertz CT molecular complexity index is 728. The number of alkyl halides is 2. The first-order valence-corrected chi connectivity index (χ1v) is 6.86. The molecule has 0 saturated heterocycles. The molecule has 0 radical (unpaired) electrons. The summed E-state index contributed by atoms with van der Waals surface area (Å²) in [5.41, 5.74) is 1.58. The maximum atomic E-state index is 12.5. The Kier molecular flexibility index (Phi) is 5.05. The highest BCUT2D eigenvalue weighted by Crippen LogP contribution is 2.18. The smallest absolute Gasteiger partial charge is 0.273 e. The molecule has 6 nitrogen and oxygen atoms in total.